The normalized spacial score (nSPS) is 12.4. The van der Waals surface area contributed by atoms with E-state index in [1.807, 2.05) is 13.1 Å². The maximum atomic E-state index is 5.67. The van der Waals surface area contributed by atoms with Crippen LogP contribution in [0.5, 0.6) is 5.75 Å². The van der Waals surface area contributed by atoms with Gasteiger partial charge in [0, 0.05) is 7.11 Å². The molecule has 2 rings (SSSR count). The quantitative estimate of drug-likeness (QED) is 0.743. The molecule has 0 aliphatic carbocycles. The Morgan fingerprint density at radius 1 is 1.29 bits per heavy atom. The first-order chi connectivity index (χ1) is 10.2. The highest BCUT2D eigenvalue weighted by molar-refractivity contribution is 9.10. The first-order valence-electron chi connectivity index (χ1n) is 6.78. The minimum absolute atomic E-state index is 0.195. The largest absolute Gasteiger partial charge is 0.490 e. The zero-order chi connectivity index (χ0) is 15.2. The summed E-state index contributed by atoms with van der Waals surface area (Å²) in [6.07, 6.45) is 0. The van der Waals surface area contributed by atoms with Gasteiger partial charge in [-0.05, 0) is 69.5 Å². The number of halogens is 1. The van der Waals surface area contributed by atoms with Crippen LogP contribution in [0, 0.1) is 6.92 Å². The van der Waals surface area contributed by atoms with E-state index in [-0.39, 0.29) is 6.04 Å². The first-order valence-corrected chi connectivity index (χ1v) is 8.52. The Balaban J connectivity index is 2.20. The number of hydrogen-bond acceptors (Lipinski definition) is 4. The summed E-state index contributed by atoms with van der Waals surface area (Å²) in [5.41, 5.74) is 3.85. The number of benzene rings is 1. The molecule has 1 unspecified atom stereocenters. The average Bonchev–Trinajstić information content (AvgIpc) is 2.89. The molecule has 114 valence electrons. The lowest BCUT2D eigenvalue weighted by atomic mass is 9.98. The summed E-state index contributed by atoms with van der Waals surface area (Å²) < 4.78 is 11.6. The van der Waals surface area contributed by atoms with Crippen LogP contribution in [0.25, 0.3) is 0 Å². The number of rotatable bonds is 7. The molecule has 0 amide bonds. The van der Waals surface area contributed by atoms with E-state index in [4.69, 9.17) is 9.47 Å². The second-order valence-electron chi connectivity index (χ2n) is 4.76. The molecular weight excluding hydrogens is 350 g/mol. The van der Waals surface area contributed by atoms with Crippen LogP contribution in [0.2, 0.25) is 0 Å². The van der Waals surface area contributed by atoms with Gasteiger partial charge in [0.2, 0.25) is 0 Å². The summed E-state index contributed by atoms with van der Waals surface area (Å²) in [7, 11) is 3.65. The molecule has 0 spiro atoms. The van der Waals surface area contributed by atoms with Crippen molar-refractivity contribution >= 4 is 27.3 Å². The van der Waals surface area contributed by atoms with E-state index in [2.05, 4.69) is 51.1 Å². The summed E-state index contributed by atoms with van der Waals surface area (Å²) in [5.74, 6) is 0.840. The van der Waals surface area contributed by atoms with Crippen molar-refractivity contribution < 1.29 is 9.47 Å². The van der Waals surface area contributed by atoms with Gasteiger partial charge in [0.1, 0.15) is 12.4 Å². The summed E-state index contributed by atoms with van der Waals surface area (Å²) in [4.78, 5) is 0. The van der Waals surface area contributed by atoms with Crippen LogP contribution in [-0.4, -0.2) is 27.4 Å². The van der Waals surface area contributed by atoms with Crippen LogP contribution >= 0.6 is 27.3 Å². The topological polar surface area (TPSA) is 30.5 Å². The Kier molecular flexibility index (Phi) is 6.23. The lowest BCUT2D eigenvalue weighted by Gasteiger charge is -2.18. The summed E-state index contributed by atoms with van der Waals surface area (Å²) >= 11 is 5.32. The molecule has 1 N–H and O–H groups in total. The minimum Gasteiger partial charge on any atom is -0.490 e. The molecule has 0 aliphatic heterocycles. The smallest absolute Gasteiger partial charge is 0.133 e. The Morgan fingerprint density at radius 2 is 2.10 bits per heavy atom. The molecule has 0 aliphatic rings. The van der Waals surface area contributed by atoms with Crippen LogP contribution in [0.1, 0.15) is 22.7 Å². The lowest BCUT2D eigenvalue weighted by Crippen LogP contribution is -2.18. The highest BCUT2D eigenvalue weighted by Gasteiger charge is 2.16. The molecule has 1 aromatic heterocycles. The summed E-state index contributed by atoms with van der Waals surface area (Å²) in [6.45, 7) is 3.28. The number of methoxy groups -OCH3 is 1. The van der Waals surface area contributed by atoms with Crippen molar-refractivity contribution in [3.8, 4) is 5.75 Å². The van der Waals surface area contributed by atoms with Gasteiger partial charge < -0.3 is 14.8 Å². The van der Waals surface area contributed by atoms with Crippen molar-refractivity contribution in [2.24, 2.45) is 0 Å². The van der Waals surface area contributed by atoms with Crippen molar-refractivity contribution in [1.29, 1.82) is 0 Å². The van der Waals surface area contributed by atoms with Gasteiger partial charge in [-0.3, -0.25) is 0 Å². The number of nitrogens with one attached hydrogen (secondary N) is 1. The van der Waals surface area contributed by atoms with E-state index < -0.39 is 0 Å². The van der Waals surface area contributed by atoms with Crippen LogP contribution in [0.15, 0.2) is 33.4 Å². The highest BCUT2D eigenvalue weighted by Crippen LogP contribution is 2.32. The minimum atomic E-state index is 0.195. The fourth-order valence-electron chi connectivity index (χ4n) is 2.22. The van der Waals surface area contributed by atoms with Gasteiger partial charge in [-0.15, -0.1) is 0 Å². The van der Waals surface area contributed by atoms with Crippen LogP contribution in [-0.2, 0) is 4.74 Å². The fraction of sp³-hybridized carbons (Fsp3) is 0.375. The van der Waals surface area contributed by atoms with Crippen molar-refractivity contribution in [3.05, 3.63) is 50.1 Å². The molecule has 1 heterocycles. The molecule has 3 nitrogen and oxygen atoms in total. The molecule has 5 heteroatoms. The maximum Gasteiger partial charge on any atom is 0.133 e. The fourth-order valence-corrected chi connectivity index (χ4v) is 3.60. The van der Waals surface area contributed by atoms with Crippen molar-refractivity contribution in [2.45, 2.75) is 13.0 Å². The lowest BCUT2D eigenvalue weighted by molar-refractivity contribution is 0.146. The van der Waals surface area contributed by atoms with E-state index in [0.29, 0.717) is 13.2 Å². The third kappa shape index (κ3) is 4.07. The van der Waals surface area contributed by atoms with Gasteiger partial charge in [-0.25, -0.2) is 0 Å². The van der Waals surface area contributed by atoms with Gasteiger partial charge in [0.05, 0.1) is 17.1 Å². The highest BCUT2D eigenvalue weighted by atomic mass is 79.9. The monoisotopic (exact) mass is 369 g/mol. The van der Waals surface area contributed by atoms with E-state index in [1.165, 1.54) is 16.7 Å². The van der Waals surface area contributed by atoms with Gasteiger partial charge in [0.15, 0.2) is 0 Å². The van der Waals surface area contributed by atoms with Crippen molar-refractivity contribution in [2.75, 3.05) is 27.4 Å². The Hall–Kier alpha value is -0.880. The van der Waals surface area contributed by atoms with Gasteiger partial charge in [-0.1, -0.05) is 6.07 Å². The molecule has 2 aromatic rings. The predicted molar refractivity (Wildman–Crippen MR) is 91.5 cm³/mol. The molecular formula is C16H20BrNO2S. The number of hydrogen-bond donors (Lipinski definition) is 1. The van der Waals surface area contributed by atoms with E-state index in [0.717, 1.165) is 10.2 Å². The third-order valence-corrected chi connectivity index (χ3v) is 4.83. The van der Waals surface area contributed by atoms with Crippen molar-refractivity contribution in [1.82, 2.24) is 5.32 Å². The Bertz CT molecular complexity index is 585. The number of aryl methyl sites for hydroxylation is 1. The second kappa shape index (κ2) is 7.94. The molecule has 1 aromatic carbocycles. The van der Waals surface area contributed by atoms with Gasteiger partial charge in [0.25, 0.3) is 0 Å². The number of ether oxygens (including phenoxy) is 2. The molecule has 21 heavy (non-hydrogen) atoms. The predicted octanol–water partition coefficient (Wildman–Crippen LogP) is 4.15. The SMILES string of the molecule is CNC(c1ccc(OCCOC)c(Br)c1)c1cscc1C. The molecule has 0 bridgehead atoms. The van der Waals surface area contributed by atoms with Crippen LogP contribution < -0.4 is 10.1 Å². The van der Waals surface area contributed by atoms with Crippen LogP contribution in [0.4, 0.5) is 0 Å². The molecule has 1 atom stereocenters. The zero-order valence-corrected chi connectivity index (χ0v) is 14.9. The second-order valence-corrected chi connectivity index (χ2v) is 6.36. The summed E-state index contributed by atoms with van der Waals surface area (Å²) in [5, 5.41) is 7.76. The molecule has 0 saturated heterocycles. The van der Waals surface area contributed by atoms with Crippen molar-refractivity contribution in [3.63, 3.8) is 0 Å². The first kappa shape index (κ1) is 16.5. The molecule has 0 saturated carbocycles. The Labute approximate surface area is 138 Å². The average molecular weight is 370 g/mol. The zero-order valence-electron chi connectivity index (χ0n) is 12.5. The number of thiophene rings is 1. The van der Waals surface area contributed by atoms with Gasteiger partial charge in [-0.2, -0.15) is 11.3 Å². The molecule has 0 radical (unpaired) electrons. The maximum absolute atomic E-state index is 5.67. The van der Waals surface area contributed by atoms with Crippen LogP contribution in [0.3, 0.4) is 0 Å². The standard InChI is InChI=1S/C16H20BrNO2S/c1-11-9-21-10-13(11)16(18-2)12-4-5-15(14(17)8-12)20-7-6-19-3/h4-5,8-10,16,18H,6-7H2,1-3H3. The molecule has 0 fully saturated rings. The third-order valence-electron chi connectivity index (χ3n) is 3.33. The summed E-state index contributed by atoms with van der Waals surface area (Å²) in [6, 6.07) is 6.41. The van der Waals surface area contributed by atoms with E-state index in [9.17, 15) is 0 Å². The van der Waals surface area contributed by atoms with Gasteiger partial charge >= 0.3 is 0 Å². The van der Waals surface area contributed by atoms with E-state index in [1.54, 1.807) is 18.4 Å². The Morgan fingerprint density at radius 3 is 2.67 bits per heavy atom. The van der Waals surface area contributed by atoms with E-state index >= 15 is 0 Å².